The van der Waals surface area contributed by atoms with Crippen molar-refractivity contribution in [3.8, 4) is 0 Å². The van der Waals surface area contributed by atoms with Gasteiger partial charge >= 0.3 is 0 Å². The predicted molar refractivity (Wildman–Crippen MR) is 67.1 cm³/mol. The molecule has 0 bridgehead atoms. The largest absolute Gasteiger partial charge is 0.310 e. The first-order valence-electron chi connectivity index (χ1n) is 6.14. The third-order valence-corrected chi connectivity index (χ3v) is 2.84. The summed E-state index contributed by atoms with van der Waals surface area (Å²) in [7, 11) is 0. The van der Waals surface area contributed by atoms with Gasteiger partial charge in [0, 0.05) is 6.04 Å². The zero-order valence-corrected chi connectivity index (χ0v) is 10.2. The molecule has 0 radical (unpaired) electrons. The van der Waals surface area contributed by atoms with Crippen LogP contribution in [0.3, 0.4) is 0 Å². The molecular formula is C14H23N. The third-order valence-electron chi connectivity index (χ3n) is 2.84. The van der Waals surface area contributed by atoms with Crippen LogP contribution in [0.2, 0.25) is 0 Å². The second kappa shape index (κ2) is 6.62. The number of hydrogen-bond donors (Lipinski definition) is 1. The molecule has 0 heterocycles. The van der Waals surface area contributed by atoms with Gasteiger partial charge in [-0.3, -0.25) is 0 Å². The molecule has 0 amide bonds. The summed E-state index contributed by atoms with van der Waals surface area (Å²) in [6.45, 7) is 7.70. The molecule has 0 aliphatic heterocycles. The van der Waals surface area contributed by atoms with Crippen LogP contribution in [0.15, 0.2) is 24.3 Å². The minimum Gasteiger partial charge on any atom is -0.310 e. The van der Waals surface area contributed by atoms with Crippen LogP contribution in [0.4, 0.5) is 0 Å². The monoisotopic (exact) mass is 205 g/mol. The van der Waals surface area contributed by atoms with E-state index in [1.165, 1.54) is 24.0 Å². The summed E-state index contributed by atoms with van der Waals surface area (Å²) in [6.07, 6.45) is 3.59. The smallest absolute Gasteiger partial charge is 0.0322 e. The van der Waals surface area contributed by atoms with Crippen LogP contribution in [-0.4, -0.2) is 6.54 Å². The van der Waals surface area contributed by atoms with E-state index in [-0.39, 0.29) is 0 Å². The molecule has 0 saturated heterocycles. The molecule has 15 heavy (non-hydrogen) atoms. The normalized spacial score (nSPS) is 12.7. The van der Waals surface area contributed by atoms with E-state index in [4.69, 9.17) is 0 Å². The Morgan fingerprint density at radius 2 is 1.87 bits per heavy atom. The van der Waals surface area contributed by atoms with E-state index in [9.17, 15) is 0 Å². The number of hydrogen-bond acceptors (Lipinski definition) is 1. The van der Waals surface area contributed by atoms with Gasteiger partial charge in [0.25, 0.3) is 0 Å². The van der Waals surface area contributed by atoms with Crippen LogP contribution in [0, 0.1) is 0 Å². The summed E-state index contributed by atoms with van der Waals surface area (Å²) in [6, 6.07) is 9.33. The number of rotatable bonds is 6. The highest BCUT2D eigenvalue weighted by Crippen LogP contribution is 2.22. The lowest BCUT2D eigenvalue weighted by Crippen LogP contribution is -2.21. The van der Waals surface area contributed by atoms with E-state index >= 15 is 0 Å². The minimum atomic E-state index is 0.538. The summed E-state index contributed by atoms with van der Waals surface area (Å²) >= 11 is 0. The van der Waals surface area contributed by atoms with Gasteiger partial charge in [0.15, 0.2) is 0 Å². The third kappa shape index (κ3) is 3.35. The van der Waals surface area contributed by atoms with E-state index in [1.54, 1.807) is 0 Å². The molecule has 1 aromatic rings. The van der Waals surface area contributed by atoms with Crippen LogP contribution in [0.25, 0.3) is 0 Å². The quantitative estimate of drug-likeness (QED) is 0.746. The number of benzene rings is 1. The molecule has 0 aliphatic rings. The van der Waals surface area contributed by atoms with E-state index in [2.05, 4.69) is 50.4 Å². The molecule has 0 fully saturated rings. The van der Waals surface area contributed by atoms with Crippen LogP contribution < -0.4 is 5.32 Å². The zero-order valence-electron chi connectivity index (χ0n) is 10.2. The summed E-state index contributed by atoms with van der Waals surface area (Å²) in [5, 5.41) is 3.57. The van der Waals surface area contributed by atoms with Crippen molar-refractivity contribution in [2.75, 3.05) is 6.54 Å². The summed E-state index contributed by atoms with van der Waals surface area (Å²) < 4.78 is 0. The molecule has 1 nitrogen and oxygen atoms in total. The standard InChI is InChI=1S/C14H23N/c1-4-9-14(15-6-3)13-11-8-7-10-12(13)5-2/h7-8,10-11,14-15H,4-6,9H2,1-3H3. The maximum absolute atomic E-state index is 3.57. The molecule has 1 unspecified atom stereocenters. The van der Waals surface area contributed by atoms with E-state index in [1.807, 2.05) is 0 Å². The SMILES string of the molecule is CCCC(NCC)c1ccccc1CC. The molecule has 1 rings (SSSR count). The average Bonchev–Trinajstić information content (AvgIpc) is 2.29. The van der Waals surface area contributed by atoms with Crippen molar-refractivity contribution in [3.63, 3.8) is 0 Å². The van der Waals surface area contributed by atoms with Gasteiger partial charge in [-0.15, -0.1) is 0 Å². The van der Waals surface area contributed by atoms with Crippen LogP contribution in [0.1, 0.15) is 50.8 Å². The van der Waals surface area contributed by atoms with Crippen LogP contribution in [-0.2, 0) is 6.42 Å². The Balaban J connectivity index is 2.88. The first kappa shape index (κ1) is 12.3. The summed E-state index contributed by atoms with van der Waals surface area (Å²) in [5.41, 5.74) is 2.97. The number of aryl methyl sites for hydroxylation is 1. The second-order valence-electron chi connectivity index (χ2n) is 3.95. The van der Waals surface area contributed by atoms with Gasteiger partial charge in [-0.05, 0) is 30.5 Å². The van der Waals surface area contributed by atoms with Gasteiger partial charge in [0.05, 0.1) is 0 Å². The molecule has 0 saturated carbocycles. The van der Waals surface area contributed by atoms with Gasteiger partial charge in [-0.1, -0.05) is 51.5 Å². The fourth-order valence-corrected chi connectivity index (χ4v) is 2.10. The van der Waals surface area contributed by atoms with Crippen molar-refractivity contribution in [1.29, 1.82) is 0 Å². The van der Waals surface area contributed by atoms with Crippen LogP contribution >= 0.6 is 0 Å². The highest BCUT2D eigenvalue weighted by molar-refractivity contribution is 5.30. The minimum absolute atomic E-state index is 0.538. The molecular weight excluding hydrogens is 182 g/mol. The fraction of sp³-hybridized carbons (Fsp3) is 0.571. The van der Waals surface area contributed by atoms with Crippen molar-refractivity contribution >= 4 is 0 Å². The highest BCUT2D eigenvalue weighted by atomic mass is 14.9. The second-order valence-corrected chi connectivity index (χ2v) is 3.95. The molecule has 1 heteroatoms. The lowest BCUT2D eigenvalue weighted by Gasteiger charge is -2.20. The first-order chi connectivity index (χ1) is 7.33. The fourth-order valence-electron chi connectivity index (χ4n) is 2.10. The van der Waals surface area contributed by atoms with Gasteiger partial charge in [-0.2, -0.15) is 0 Å². The van der Waals surface area contributed by atoms with Crippen molar-refractivity contribution in [2.24, 2.45) is 0 Å². The van der Waals surface area contributed by atoms with E-state index in [0.717, 1.165) is 13.0 Å². The van der Waals surface area contributed by atoms with Gasteiger partial charge in [0.2, 0.25) is 0 Å². The topological polar surface area (TPSA) is 12.0 Å². The lowest BCUT2D eigenvalue weighted by molar-refractivity contribution is 0.506. The summed E-state index contributed by atoms with van der Waals surface area (Å²) in [4.78, 5) is 0. The Bertz CT molecular complexity index is 274. The van der Waals surface area contributed by atoms with Crippen molar-refractivity contribution < 1.29 is 0 Å². The maximum Gasteiger partial charge on any atom is 0.0322 e. The van der Waals surface area contributed by atoms with Crippen molar-refractivity contribution in [1.82, 2.24) is 5.32 Å². The predicted octanol–water partition coefficient (Wildman–Crippen LogP) is 3.70. The number of nitrogens with one attached hydrogen (secondary N) is 1. The van der Waals surface area contributed by atoms with Crippen LogP contribution in [0.5, 0.6) is 0 Å². The molecule has 1 N–H and O–H groups in total. The highest BCUT2D eigenvalue weighted by Gasteiger charge is 2.11. The van der Waals surface area contributed by atoms with Crippen molar-refractivity contribution in [3.05, 3.63) is 35.4 Å². The molecule has 1 atom stereocenters. The Labute approximate surface area is 93.9 Å². The molecule has 0 spiro atoms. The zero-order chi connectivity index (χ0) is 11.1. The van der Waals surface area contributed by atoms with Gasteiger partial charge in [-0.25, -0.2) is 0 Å². The first-order valence-corrected chi connectivity index (χ1v) is 6.14. The summed E-state index contributed by atoms with van der Waals surface area (Å²) in [5.74, 6) is 0. The molecule has 0 aliphatic carbocycles. The van der Waals surface area contributed by atoms with E-state index < -0.39 is 0 Å². The van der Waals surface area contributed by atoms with E-state index in [0.29, 0.717) is 6.04 Å². The van der Waals surface area contributed by atoms with Gasteiger partial charge in [0.1, 0.15) is 0 Å². The Kier molecular flexibility index (Phi) is 5.41. The molecule has 84 valence electrons. The maximum atomic E-state index is 3.57. The Morgan fingerprint density at radius 1 is 1.13 bits per heavy atom. The average molecular weight is 205 g/mol. The molecule has 1 aromatic carbocycles. The van der Waals surface area contributed by atoms with Crippen molar-refractivity contribution in [2.45, 2.75) is 46.1 Å². The Hall–Kier alpha value is -0.820. The lowest BCUT2D eigenvalue weighted by atomic mass is 9.95. The Morgan fingerprint density at radius 3 is 2.47 bits per heavy atom. The van der Waals surface area contributed by atoms with Gasteiger partial charge < -0.3 is 5.32 Å². The molecule has 0 aromatic heterocycles.